The van der Waals surface area contributed by atoms with Gasteiger partial charge in [-0.3, -0.25) is 0 Å². The summed E-state index contributed by atoms with van der Waals surface area (Å²) >= 11 is 0. The zero-order valence-electron chi connectivity index (χ0n) is 11.7. The van der Waals surface area contributed by atoms with Crippen LogP contribution in [-0.2, 0) is 9.47 Å². The highest BCUT2D eigenvalue weighted by Crippen LogP contribution is 2.33. The smallest absolute Gasteiger partial charge is 0.345 e. The molecule has 0 aliphatic carbocycles. The Morgan fingerprint density at radius 1 is 1.48 bits per heavy atom. The number of esters is 1. The molecule has 0 amide bonds. The predicted molar refractivity (Wildman–Crippen MR) is 74.4 cm³/mol. The summed E-state index contributed by atoms with van der Waals surface area (Å²) in [6.07, 6.45) is 5.03. The molecule has 21 heavy (non-hydrogen) atoms. The monoisotopic (exact) mass is 288 g/mol. The number of hydrogen-bond donors (Lipinski definition) is 0. The Morgan fingerprint density at radius 3 is 2.95 bits per heavy atom. The fourth-order valence-corrected chi connectivity index (χ4v) is 3.01. The third-order valence-electron chi connectivity index (χ3n) is 3.91. The number of morpholine rings is 1. The number of ether oxygens (including phenoxy) is 2. The lowest BCUT2D eigenvalue weighted by Gasteiger charge is -2.47. The number of nitrogens with zero attached hydrogens (tertiary/aromatic N) is 4. The lowest BCUT2D eigenvalue weighted by Crippen LogP contribution is -2.57. The van der Waals surface area contributed by atoms with Crippen molar-refractivity contribution in [2.24, 2.45) is 0 Å². The van der Waals surface area contributed by atoms with Crippen LogP contribution in [0.1, 0.15) is 23.7 Å². The fraction of sp³-hybridized carbons (Fsp3) is 0.500. The molecular weight excluding hydrogens is 272 g/mol. The maximum Gasteiger partial charge on any atom is 0.345 e. The third kappa shape index (κ3) is 1.96. The molecule has 2 aromatic heterocycles. The van der Waals surface area contributed by atoms with Crippen molar-refractivity contribution in [1.82, 2.24) is 14.6 Å². The van der Waals surface area contributed by atoms with E-state index in [0.717, 1.165) is 19.5 Å². The van der Waals surface area contributed by atoms with Crippen molar-refractivity contribution in [2.75, 3.05) is 24.6 Å². The fourth-order valence-electron chi connectivity index (χ4n) is 3.01. The van der Waals surface area contributed by atoms with Crippen LogP contribution in [0.15, 0.2) is 18.5 Å². The van der Waals surface area contributed by atoms with Gasteiger partial charge < -0.3 is 14.4 Å². The summed E-state index contributed by atoms with van der Waals surface area (Å²) in [6, 6.07) is 1.79. The molecule has 3 fully saturated rings. The summed E-state index contributed by atoms with van der Waals surface area (Å²) in [4.78, 5) is 18.7. The molecule has 2 unspecified atom stereocenters. The number of rotatable bonds is 3. The van der Waals surface area contributed by atoms with Crippen molar-refractivity contribution in [3.8, 4) is 0 Å². The van der Waals surface area contributed by atoms with E-state index in [9.17, 15) is 4.79 Å². The molecule has 7 heteroatoms. The average Bonchev–Trinajstić information content (AvgIpc) is 2.86. The summed E-state index contributed by atoms with van der Waals surface area (Å²) in [7, 11) is 0. The van der Waals surface area contributed by atoms with Crippen LogP contribution in [0.25, 0.3) is 5.65 Å². The van der Waals surface area contributed by atoms with Crippen LogP contribution >= 0.6 is 0 Å². The highest BCUT2D eigenvalue weighted by Gasteiger charge is 2.40. The lowest BCUT2D eigenvalue weighted by molar-refractivity contribution is -0.133. The number of carbonyl (C=O) groups is 1. The van der Waals surface area contributed by atoms with Gasteiger partial charge in [-0.15, -0.1) is 5.10 Å². The lowest BCUT2D eigenvalue weighted by atomic mass is 9.98. The first-order valence-corrected chi connectivity index (χ1v) is 7.17. The molecule has 0 N–H and O–H groups in total. The van der Waals surface area contributed by atoms with Gasteiger partial charge in [-0.1, -0.05) is 0 Å². The number of fused-ring (bicyclic) bond motifs is 3. The number of anilines is 1. The van der Waals surface area contributed by atoms with Crippen LogP contribution in [0, 0.1) is 0 Å². The van der Waals surface area contributed by atoms with Gasteiger partial charge in [0.05, 0.1) is 18.8 Å². The van der Waals surface area contributed by atoms with E-state index in [1.807, 2.05) is 0 Å². The van der Waals surface area contributed by atoms with Gasteiger partial charge in [0.15, 0.2) is 11.5 Å². The minimum atomic E-state index is -0.374. The molecule has 3 aliphatic rings. The van der Waals surface area contributed by atoms with Gasteiger partial charge >= 0.3 is 5.97 Å². The summed E-state index contributed by atoms with van der Waals surface area (Å²) in [5.41, 5.74) is 0.977. The molecule has 3 aliphatic heterocycles. The molecule has 2 atom stereocenters. The molecule has 110 valence electrons. The maximum absolute atomic E-state index is 12.3. The van der Waals surface area contributed by atoms with E-state index in [1.165, 1.54) is 0 Å². The van der Waals surface area contributed by atoms with Crippen molar-refractivity contribution in [3.63, 3.8) is 0 Å². The van der Waals surface area contributed by atoms with E-state index >= 15 is 0 Å². The van der Waals surface area contributed by atoms with E-state index < -0.39 is 0 Å². The standard InChI is InChI=1S/C14H16N4O3/c1-2-20-14(19)11-12-15-4-3-5-18(12)16-13(11)17-7-9-6-10(8-17)21-9/h3-5,9-10H,2,6-8H2,1H3. The molecule has 3 saturated heterocycles. The molecule has 0 radical (unpaired) electrons. The predicted octanol–water partition coefficient (Wildman–Crippen LogP) is 0.883. The van der Waals surface area contributed by atoms with E-state index in [0.29, 0.717) is 23.6 Å². The number of carbonyl (C=O) groups excluding carboxylic acids is 1. The molecule has 2 aromatic rings. The first-order chi connectivity index (χ1) is 10.3. The molecule has 0 spiro atoms. The van der Waals surface area contributed by atoms with Crippen molar-refractivity contribution < 1.29 is 14.3 Å². The SMILES string of the molecule is CCOC(=O)c1c(N2CC3CC(C2)O3)nn2cccnc12. The molecule has 0 saturated carbocycles. The number of piperidine rings is 1. The highest BCUT2D eigenvalue weighted by atomic mass is 16.5. The normalized spacial score (nSPS) is 24.0. The van der Waals surface area contributed by atoms with Crippen molar-refractivity contribution in [3.05, 3.63) is 24.0 Å². The van der Waals surface area contributed by atoms with Crippen molar-refractivity contribution in [1.29, 1.82) is 0 Å². The Bertz CT molecular complexity index is 683. The van der Waals surface area contributed by atoms with Gasteiger partial charge in [0.25, 0.3) is 0 Å². The van der Waals surface area contributed by atoms with E-state index in [2.05, 4.69) is 15.0 Å². The second kappa shape index (κ2) is 4.70. The summed E-state index contributed by atoms with van der Waals surface area (Å²) < 4.78 is 12.4. The molecular formula is C14H16N4O3. The quantitative estimate of drug-likeness (QED) is 0.781. The van der Waals surface area contributed by atoms with Gasteiger partial charge in [-0.25, -0.2) is 14.3 Å². The zero-order valence-corrected chi connectivity index (χ0v) is 11.7. The van der Waals surface area contributed by atoms with Crippen molar-refractivity contribution in [2.45, 2.75) is 25.6 Å². The third-order valence-corrected chi connectivity index (χ3v) is 3.91. The summed E-state index contributed by atoms with van der Waals surface area (Å²) in [5, 5.41) is 4.52. The van der Waals surface area contributed by atoms with Gasteiger partial charge in [0.2, 0.25) is 0 Å². The molecule has 5 rings (SSSR count). The Kier molecular flexibility index (Phi) is 2.81. The molecule has 0 aromatic carbocycles. The van der Waals surface area contributed by atoms with Crippen molar-refractivity contribution >= 4 is 17.4 Å². The molecule has 7 nitrogen and oxygen atoms in total. The van der Waals surface area contributed by atoms with Crippen LogP contribution in [0.4, 0.5) is 5.82 Å². The summed E-state index contributed by atoms with van der Waals surface area (Å²) in [5.74, 6) is 0.270. The first-order valence-electron chi connectivity index (χ1n) is 7.17. The second-order valence-corrected chi connectivity index (χ2v) is 5.33. The Labute approximate surface area is 121 Å². The number of aromatic nitrogens is 3. The summed E-state index contributed by atoms with van der Waals surface area (Å²) in [6.45, 7) is 3.64. The largest absolute Gasteiger partial charge is 0.462 e. The molecule has 2 bridgehead atoms. The number of hydrogen-bond acceptors (Lipinski definition) is 6. The van der Waals surface area contributed by atoms with Crippen LogP contribution in [0.2, 0.25) is 0 Å². The average molecular weight is 288 g/mol. The topological polar surface area (TPSA) is 69.0 Å². The van der Waals surface area contributed by atoms with Gasteiger partial charge in [0.1, 0.15) is 5.56 Å². The minimum Gasteiger partial charge on any atom is -0.462 e. The van der Waals surface area contributed by atoms with Gasteiger partial charge in [0, 0.05) is 31.9 Å². The van der Waals surface area contributed by atoms with Crippen LogP contribution in [0.3, 0.4) is 0 Å². The van der Waals surface area contributed by atoms with E-state index in [1.54, 1.807) is 29.9 Å². The first kappa shape index (κ1) is 12.6. The maximum atomic E-state index is 12.3. The van der Waals surface area contributed by atoms with Crippen LogP contribution < -0.4 is 4.90 Å². The van der Waals surface area contributed by atoms with Crippen LogP contribution in [-0.4, -0.2) is 52.5 Å². The van der Waals surface area contributed by atoms with Gasteiger partial charge in [-0.05, 0) is 13.0 Å². The van der Waals surface area contributed by atoms with E-state index in [4.69, 9.17) is 9.47 Å². The molecule has 5 heterocycles. The van der Waals surface area contributed by atoms with Crippen LogP contribution in [0.5, 0.6) is 0 Å². The Hall–Kier alpha value is -2.15. The second-order valence-electron chi connectivity index (χ2n) is 5.33. The Morgan fingerprint density at radius 2 is 2.24 bits per heavy atom. The highest BCUT2D eigenvalue weighted by molar-refractivity contribution is 6.01. The van der Waals surface area contributed by atoms with E-state index in [-0.39, 0.29) is 18.2 Å². The Balaban J connectivity index is 1.79. The van der Waals surface area contributed by atoms with Gasteiger partial charge in [-0.2, -0.15) is 0 Å². The zero-order chi connectivity index (χ0) is 14.4. The minimum absolute atomic E-state index is 0.247.